The minimum atomic E-state index is -0.243. The van der Waals surface area contributed by atoms with Crippen molar-refractivity contribution in [2.75, 3.05) is 5.32 Å². The zero-order valence-corrected chi connectivity index (χ0v) is 17.0. The van der Waals surface area contributed by atoms with Gasteiger partial charge in [0.15, 0.2) is 5.69 Å². The van der Waals surface area contributed by atoms with Crippen molar-refractivity contribution in [3.05, 3.63) is 46.8 Å². The van der Waals surface area contributed by atoms with Gasteiger partial charge in [-0.1, -0.05) is 6.07 Å². The highest BCUT2D eigenvalue weighted by Gasteiger charge is 2.32. The van der Waals surface area contributed by atoms with Crippen LogP contribution in [0.2, 0.25) is 0 Å². The molecular weight excluding hydrogens is 352 g/mol. The van der Waals surface area contributed by atoms with Gasteiger partial charge in [0.05, 0.1) is 5.54 Å². The smallest absolute Gasteiger partial charge is 0.276 e. The number of aromatic nitrogens is 2. The van der Waals surface area contributed by atoms with E-state index in [4.69, 9.17) is 0 Å². The number of nitrogens with zero attached hydrogens (tertiary/aromatic N) is 2. The van der Waals surface area contributed by atoms with Gasteiger partial charge in [0, 0.05) is 28.9 Å². The van der Waals surface area contributed by atoms with Gasteiger partial charge in [-0.15, -0.1) is 0 Å². The molecule has 2 amide bonds. The molecular formula is C22H28N4O2. The number of aryl methyl sites for hydroxylation is 1. The molecule has 2 aromatic rings. The molecule has 0 spiro atoms. The minimum Gasteiger partial charge on any atom is -0.349 e. The van der Waals surface area contributed by atoms with Crippen LogP contribution < -0.4 is 10.6 Å². The van der Waals surface area contributed by atoms with E-state index in [9.17, 15) is 9.59 Å². The third-order valence-corrected chi connectivity index (χ3v) is 5.26. The van der Waals surface area contributed by atoms with Crippen LogP contribution >= 0.6 is 0 Å². The molecule has 0 radical (unpaired) electrons. The standard InChI is InChI=1S/C22H28N4O2/c1-13-5-6-15(20(27)23-16-9-10-16)11-17(13)24-21(28)18-12-19(14-7-8-14)26(25-18)22(2,3)4/h5-6,11-12,14,16H,7-10H2,1-4H3,(H,23,27)(H,24,28). The van der Waals surface area contributed by atoms with Crippen molar-refractivity contribution in [2.24, 2.45) is 0 Å². The number of amides is 2. The van der Waals surface area contributed by atoms with Crippen LogP contribution in [0.1, 0.15) is 84.5 Å². The lowest BCUT2D eigenvalue weighted by molar-refractivity contribution is 0.0949. The Labute approximate surface area is 165 Å². The van der Waals surface area contributed by atoms with E-state index < -0.39 is 0 Å². The van der Waals surface area contributed by atoms with Crippen LogP contribution in [0.15, 0.2) is 24.3 Å². The van der Waals surface area contributed by atoms with Gasteiger partial charge in [-0.05, 0) is 77.1 Å². The van der Waals surface area contributed by atoms with Crippen molar-refractivity contribution in [3.8, 4) is 0 Å². The molecule has 6 nitrogen and oxygen atoms in total. The second-order valence-electron chi connectivity index (χ2n) is 9.04. The Balaban J connectivity index is 1.55. The normalized spacial score (nSPS) is 16.7. The molecule has 148 valence electrons. The second-order valence-corrected chi connectivity index (χ2v) is 9.04. The van der Waals surface area contributed by atoms with Crippen molar-refractivity contribution >= 4 is 17.5 Å². The Morgan fingerprint density at radius 3 is 2.39 bits per heavy atom. The fourth-order valence-electron chi connectivity index (χ4n) is 3.29. The molecule has 0 atom stereocenters. The summed E-state index contributed by atoms with van der Waals surface area (Å²) in [6.45, 7) is 8.21. The highest BCUT2D eigenvalue weighted by Crippen LogP contribution is 2.41. The first-order valence-electron chi connectivity index (χ1n) is 10.1. The van der Waals surface area contributed by atoms with Crippen molar-refractivity contribution in [3.63, 3.8) is 0 Å². The number of benzene rings is 1. The largest absolute Gasteiger partial charge is 0.349 e. The Hall–Kier alpha value is -2.63. The summed E-state index contributed by atoms with van der Waals surface area (Å²) in [5.41, 5.74) is 3.50. The average Bonchev–Trinajstić information content (AvgIpc) is 3.55. The summed E-state index contributed by atoms with van der Waals surface area (Å²) in [5.74, 6) is 0.170. The number of carbonyl (C=O) groups excluding carboxylic acids is 2. The van der Waals surface area contributed by atoms with Crippen LogP contribution in [0.5, 0.6) is 0 Å². The van der Waals surface area contributed by atoms with Crippen LogP contribution in [0.25, 0.3) is 0 Å². The number of hydrogen-bond donors (Lipinski definition) is 2. The van der Waals surface area contributed by atoms with Gasteiger partial charge in [-0.25, -0.2) is 0 Å². The maximum atomic E-state index is 12.9. The third-order valence-electron chi connectivity index (χ3n) is 5.26. The first kappa shape index (κ1) is 18.7. The van der Waals surface area contributed by atoms with Crippen molar-refractivity contribution in [2.45, 2.75) is 70.9 Å². The predicted octanol–water partition coefficient (Wildman–Crippen LogP) is 3.97. The fourth-order valence-corrected chi connectivity index (χ4v) is 3.29. The summed E-state index contributed by atoms with van der Waals surface area (Å²) >= 11 is 0. The summed E-state index contributed by atoms with van der Waals surface area (Å²) in [4.78, 5) is 25.2. The van der Waals surface area contributed by atoms with Gasteiger partial charge in [-0.2, -0.15) is 5.10 Å². The number of nitrogens with one attached hydrogen (secondary N) is 2. The van der Waals surface area contributed by atoms with Crippen molar-refractivity contribution in [1.82, 2.24) is 15.1 Å². The van der Waals surface area contributed by atoms with Gasteiger partial charge < -0.3 is 10.6 Å². The third kappa shape index (κ3) is 3.96. The van der Waals surface area contributed by atoms with Crippen LogP contribution in [0.3, 0.4) is 0 Å². The summed E-state index contributed by atoms with van der Waals surface area (Å²) in [6, 6.07) is 7.61. The van der Waals surface area contributed by atoms with Gasteiger partial charge in [0.2, 0.25) is 0 Å². The van der Waals surface area contributed by atoms with E-state index in [-0.39, 0.29) is 17.4 Å². The summed E-state index contributed by atoms with van der Waals surface area (Å²) in [5, 5.41) is 10.5. The maximum absolute atomic E-state index is 12.9. The Morgan fingerprint density at radius 2 is 1.79 bits per heavy atom. The lowest BCUT2D eigenvalue weighted by Gasteiger charge is -2.22. The molecule has 2 N–H and O–H groups in total. The van der Waals surface area contributed by atoms with Crippen molar-refractivity contribution < 1.29 is 9.59 Å². The molecule has 0 unspecified atom stereocenters. The number of rotatable bonds is 5. The molecule has 1 heterocycles. The molecule has 2 saturated carbocycles. The van der Waals surface area contributed by atoms with Crippen LogP contribution in [-0.2, 0) is 5.54 Å². The molecule has 2 aliphatic rings. The SMILES string of the molecule is Cc1ccc(C(=O)NC2CC2)cc1NC(=O)c1cc(C2CC2)n(C(C)(C)C)n1. The topological polar surface area (TPSA) is 76.0 Å². The van der Waals surface area contributed by atoms with Gasteiger partial charge in [0.25, 0.3) is 11.8 Å². The zero-order chi connectivity index (χ0) is 20.1. The zero-order valence-electron chi connectivity index (χ0n) is 17.0. The molecule has 2 fully saturated rings. The Kier molecular flexibility index (Phi) is 4.52. The average molecular weight is 380 g/mol. The second kappa shape index (κ2) is 6.76. The Morgan fingerprint density at radius 1 is 1.07 bits per heavy atom. The predicted molar refractivity (Wildman–Crippen MR) is 109 cm³/mol. The summed E-state index contributed by atoms with van der Waals surface area (Å²) < 4.78 is 1.98. The lowest BCUT2D eigenvalue weighted by atomic mass is 10.1. The molecule has 1 aromatic carbocycles. The number of hydrogen-bond acceptors (Lipinski definition) is 3. The lowest BCUT2D eigenvalue weighted by Crippen LogP contribution is -2.26. The first-order chi connectivity index (χ1) is 13.2. The van der Waals surface area contributed by atoms with E-state index in [1.165, 1.54) is 0 Å². The molecule has 0 saturated heterocycles. The van der Waals surface area contributed by atoms with Gasteiger partial charge in [-0.3, -0.25) is 14.3 Å². The molecule has 4 rings (SSSR count). The van der Waals surface area contributed by atoms with E-state index in [1.54, 1.807) is 12.1 Å². The van der Waals surface area contributed by atoms with E-state index in [2.05, 4.69) is 36.5 Å². The number of anilines is 1. The van der Waals surface area contributed by atoms with E-state index in [0.29, 0.717) is 28.9 Å². The number of carbonyl (C=O) groups is 2. The monoisotopic (exact) mass is 380 g/mol. The molecule has 2 aliphatic carbocycles. The van der Waals surface area contributed by atoms with Crippen LogP contribution in [0, 0.1) is 6.92 Å². The minimum absolute atomic E-state index is 0.0916. The highest BCUT2D eigenvalue weighted by molar-refractivity contribution is 6.04. The molecule has 0 bridgehead atoms. The molecule has 1 aromatic heterocycles. The maximum Gasteiger partial charge on any atom is 0.276 e. The van der Waals surface area contributed by atoms with E-state index >= 15 is 0 Å². The van der Waals surface area contributed by atoms with E-state index in [1.807, 2.05) is 23.7 Å². The fraction of sp³-hybridized carbons (Fsp3) is 0.500. The summed E-state index contributed by atoms with van der Waals surface area (Å²) in [6.07, 6.45) is 4.39. The van der Waals surface area contributed by atoms with Crippen molar-refractivity contribution in [1.29, 1.82) is 0 Å². The van der Waals surface area contributed by atoms with Gasteiger partial charge in [0.1, 0.15) is 0 Å². The van der Waals surface area contributed by atoms with E-state index in [0.717, 1.165) is 36.9 Å². The summed E-state index contributed by atoms with van der Waals surface area (Å²) in [7, 11) is 0. The Bertz CT molecular complexity index is 930. The highest BCUT2D eigenvalue weighted by atomic mass is 16.2. The quantitative estimate of drug-likeness (QED) is 0.824. The van der Waals surface area contributed by atoms with Gasteiger partial charge >= 0.3 is 0 Å². The molecule has 0 aliphatic heterocycles. The molecule has 28 heavy (non-hydrogen) atoms. The first-order valence-corrected chi connectivity index (χ1v) is 10.1. The van der Waals surface area contributed by atoms with Crippen LogP contribution in [-0.4, -0.2) is 27.6 Å². The molecule has 6 heteroatoms. The van der Waals surface area contributed by atoms with Crippen LogP contribution in [0.4, 0.5) is 5.69 Å².